The van der Waals surface area contributed by atoms with Gasteiger partial charge in [0.1, 0.15) is 0 Å². The highest BCUT2D eigenvalue weighted by molar-refractivity contribution is 5.46. The van der Waals surface area contributed by atoms with Crippen molar-refractivity contribution >= 4 is 5.69 Å². The molecule has 0 radical (unpaired) electrons. The zero-order valence-corrected chi connectivity index (χ0v) is 9.52. The van der Waals surface area contributed by atoms with Gasteiger partial charge in [-0.15, -0.1) is 0 Å². The number of nitrogens with zero attached hydrogens (tertiary/aromatic N) is 2. The minimum atomic E-state index is 0. The summed E-state index contributed by atoms with van der Waals surface area (Å²) in [4.78, 5) is 5.03. The van der Waals surface area contributed by atoms with Crippen molar-refractivity contribution in [2.45, 2.75) is 20.8 Å². The normalized spacial score (nSPS) is 16.9. The number of anilines is 1. The van der Waals surface area contributed by atoms with Crippen LogP contribution in [0, 0.1) is 0 Å². The second-order valence-corrected chi connectivity index (χ2v) is 4.16. The molecule has 2 nitrogen and oxygen atoms in total. The van der Waals surface area contributed by atoms with Crippen molar-refractivity contribution in [3.05, 3.63) is 30.3 Å². The molecule has 0 N–H and O–H groups in total. The summed E-state index contributed by atoms with van der Waals surface area (Å²) in [5.41, 5.74) is 1.37. The Hall–Kier alpha value is -1.02. The number of hydrogen-bond donors (Lipinski definition) is 0. The van der Waals surface area contributed by atoms with E-state index in [0.717, 1.165) is 0 Å². The van der Waals surface area contributed by atoms with Crippen LogP contribution in [0.5, 0.6) is 0 Å². The number of benzene rings is 1. The number of hydrogen-bond acceptors (Lipinski definition) is 2. The molecule has 0 bridgehead atoms. The van der Waals surface area contributed by atoms with Crippen molar-refractivity contribution in [3.8, 4) is 0 Å². The summed E-state index contributed by atoms with van der Waals surface area (Å²) in [6.45, 7) is 8.27. The molecule has 1 aliphatic heterocycles. The van der Waals surface area contributed by atoms with E-state index in [1.807, 2.05) is 0 Å². The summed E-state index contributed by atoms with van der Waals surface area (Å²) in [5, 5.41) is 0. The first-order chi connectivity index (χ1) is 7.40. The largest absolute Gasteiger partial charge is 0.369 e. The topological polar surface area (TPSA) is 6.48 Å². The maximum Gasteiger partial charge on any atom is 0.0367 e. The first-order valence-electron chi connectivity index (χ1n) is 5.92. The standard InChI is InChI=1S/C13H20N2.CH4/c1-2-8-14-9-11-15(12-10-14)13-6-4-3-5-7-13;/h3-7H,2,8-12H2,1H3;1H4. The molecule has 0 aromatic heterocycles. The predicted molar refractivity (Wildman–Crippen MR) is 72.1 cm³/mol. The highest BCUT2D eigenvalue weighted by Gasteiger charge is 2.15. The molecule has 1 heterocycles. The Bertz CT molecular complexity index is 276. The molecule has 1 saturated heterocycles. The van der Waals surface area contributed by atoms with Crippen LogP contribution in [0.2, 0.25) is 0 Å². The number of rotatable bonds is 3. The van der Waals surface area contributed by atoms with Gasteiger partial charge in [-0.25, -0.2) is 0 Å². The van der Waals surface area contributed by atoms with E-state index in [9.17, 15) is 0 Å². The predicted octanol–water partition coefficient (Wildman–Crippen LogP) is 2.85. The van der Waals surface area contributed by atoms with Crippen LogP contribution in [0.15, 0.2) is 30.3 Å². The zero-order chi connectivity index (χ0) is 10.5. The Labute approximate surface area is 99.9 Å². The fraction of sp³-hybridized carbons (Fsp3) is 0.571. The Kier molecular flexibility index (Phi) is 5.33. The van der Waals surface area contributed by atoms with Gasteiger partial charge in [-0.2, -0.15) is 0 Å². The average molecular weight is 220 g/mol. The maximum atomic E-state index is 2.56. The highest BCUT2D eigenvalue weighted by Crippen LogP contribution is 2.15. The Morgan fingerprint density at radius 1 is 1.00 bits per heavy atom. The van der Waals surface area contributed by atoms with Crippen LogP contribution in [0.4, 0.5) is 5.69 Å². The van der Waals surface area contributed by atoms with E-state index in [4.69, 9.17) is 0 Å². The summed E-state index contributed by atoms with van der Waals surface area (Å²) in [6.07, 6.45) is 1.27. The first kappa shape index (κ1) is 13.0. The second kappa shape index (κ2) is 6.54. The van der Waals surface area contributed by atoms with Crippen molar-refractivity contribution in [1.29, 1.82) is 0 Å². The summed E-state index contributed by atoms with van der Waals surface area (Å²) in [7, 11) is 0. The lowest BCUT2D eigenvalue weighted by Gasteiger charge is -2.35. The highest BCUT2D eigenvalue weighted by atomic mass is 15.3. The maximum absolute atomic E-state index is 2.56. The molecule has 0 amide bonds. The molecular formula is C14H24N2. The molecule has 0 atom stereocenters. The van der Waals surface area contributed by atoms with Gasteiger partial charge in [0.2, 0.25) is 0 Å². The van der Waals surface area contributed by atoms with E-state index in [0.29, 0.717) is 0 Å². The zero-order valence-electron chi connectivity index (χ0n) is 9.52. The molecule has 16 heavy (non-hydrogen) atoms. The third-order valence-electron chi connectivity index (χ3n) is 3.03. The minimum absolute atomic E-state index is 0. The average Bonchev–Trinajstić information content (AvgIpc) is 2.32. The molecule has 0 saturated carbocycles. The quantitative estimate of drug-likeness (QED) is 0.773. The monoisotopic (exact) mass is 220 g/mol. The van der Waals surface area contributed by atoms with E-state index in [2.05, 4.69) is 47.1 Å². The summed E-state index contributed by atoms with van der Waals surface area (Å²) >= 11 is 0. The lowest BCUT2D eigenvalue weighted by Crippen LogP contribution is -2.46. The molecule has 90 valence electrons. The smallest absolute Gasteiger partial charge is 0.0367 e. The molecule has 1 aromatic carbocycles. The van der Waals surface area contributed by atoms with Gasteiger partial charge in [0, 0.05) is 31.9 Å². The van der Waals surface area contributed by atoms with Crippen LogP contribution in [-0.4, -0.2) is 37.6 Å². The Morgan fingerprint density at radius 3 is 2.19 bits per heavy atom. The SMILES string of the molecule is C.CCCN1CCN(c2ccccc2)CC1. The van der Waals surface area contributed by atoms with Crippen LogP contribution < -0.4 is 4.90 Å². The van der Waals surface area contributed by atoms with Crippen molar-refractivity contribution in [2.75, 3.05) is 37.6 Å². The minimum Gasteiger partial charge on any atom is -0.369 e. The summed E-state index contributed by atoms with van der Waals surface area (Å²) in [6, 6.07) is 10.7. The Morgan fingerprint density at radius 2 is 1.62 bits per heavy atom. The fourth-order valence-electron chi connectivity index (χ4n) is 2.18. The fourth-order valence-corrected chi connectivity index (χ4v) is 2.18. The van der Waals surface area contributed by atoms with Gasteiger partial charge in [-0.05, 0) is 25.1 Å². The van der Waals surface area contributed by atoms with Gasteiger partial charge >= 0.3 is 0 Å². The van der Waals surface area contributed by atoms with E-state index in [1.165, 1.54) is 44.8 Å². The van der Waals surface area contributed by atoms with E-state index < -0.39 is 0 Å². The van der Waals surface area contributed by atoms with Gasteiger partial charge in [0.25, 0.3) is 0 Å². The molecule has 0 unspecified atom stereocenters. The van der Waals surface area contributed by atoms with Crippen LogP contribution in [0.1, 0.15) is 20.8 Å². The van der Waals surface area contributed by atoms with E-state index in [1.54, 1.807) is 0 Å². The van der Waals surface area contributed by atoms with Gasteiger partial charge in [0.05, 0.1) is 0 Å². The van der Waals surface area contributed by atoms with E-state index >= 15 is 0 Å². The molecule has 1 aromatic rings. The van der Waals surface area contributed by atoms with Crippen LogP contribution >= 0.6 is 0 Å². The summed E-state index contributed by atoms with van der Waals surface area (Å²) in [5.74, 6) is 0. The first-order valence-corrected chi connectivity index (χ1v) is 5.92. The van der Waals surface area contributed by atoms with Gasteiger partial charge in [-0.1, -0.05) is 32.5 Å². The molecule has 1 aliphatic rings. The molecule has 2 rings (SSSR count). The van der Waals surface area contributed by atoms with Crippen molar-refractivity contribution < 1.29 is 0 Å². The molecular weight excluding hydrogens is 196 g/mol. The van der Waals surface area contributed by atoms with Crippen molar-refractivity contribution in [2.24, 2.45) is 0 Å². The molecule has 2 heteroatoms. The number of para-hydroxylation sites is 1. The van der Waals surface area contributed by atoms with Crippen LogP contribution in [-0.2, 0) is 0 Å². The van der Waals surface area contributed by atoms with Crippen LogP contribution in [0.25, 0.3) is 0 Å². The van der Waals surface area contributed by atoms with Gasteiger partial charge in [0.15, 0.2) is 0 Å². The van der Waals surface area contributed by atoms with Gasteiger partial charge in [-0.3, -0.25) is 4.90 Å². The molecule has 0 aliphatic carbocycles. The molecule has 0 spiro atoms. The lowest BCUT2D eigenvalue weighted by molar-refractivity contribution is 0.258. The van der Waals surface area contributed by atoms with Crippen molar-refractivity contribution in [3.63, 3.8) is 0 Å². The van der Waals surface area contributed by atoms with Gasteiger partial charge < -0.3 is 4.90 Å². The molecule has 1 fully saturated rings. The Balaban J connectivity index is 0.00000128. The third-order valence-corrected chi connectivity index (χ3v) is 3.03. The number of piperazine rings is 1. The summed E-state index contributed by atoms with van der Waals surface area (Å²) < 4.78 is 0. The lowest BCUT2D eigenvalue weighted by atomic mass is 10.2. The third kappa shape index (κ3) is 3.24. The second-order valence-electron chi connectivity index (χ2n) is 4.16. The van der Waals surface area contributed by atoms with E-state index in [-0.39, 0.29) is 7.43 Å². The van der Waals surface area contributed by atoms with Crippen LogP contribution in [0.3, 0.4) is 0 Å². The van der Waals surface area contributed by atoms with Crippen molar-refractivity contribution in [1.82, 2.24) is 4.90 Å².